The maximum atomic E-state index is 4.30. The van der Waals surface area contributed by atoms with Gasteiger partial charge >= 0.3 is 0 Å². The predicted molar refractivity (Wildman–Crippen MR) is 168 cm³/mol. The minimum Gasteiger partial charge on any atom is -0.311 e. The molecular weight excluding hydrogens is 446 g/mol. The molecule has 0 amide bonds. The molecule has 0 spiro atoms. The van der Waals surface area contributed by atoms with Crippen molar-refractivity contribution in [1.82, 2.24) is 5.32 Å². The predicted octanol–water partition coefficient (Wildman–Crippen LogP) is 12.6. The Morgan fingerprint density at radius 3 is 0.486 bits per heavy atom. The summed E-state index contributed by atoms with van der Waals surface area (Å²) in [6.45, 7) is 0. The van der Waals surface area contributed by atoms with Gasteiger partial charge in [0.2, 0.25) is 0 Å². The van der Waals surface area contributed by atoms with Gasteiger partial charge in [0.25, 0.3) is 0 Å². The van der Waals surface area contributed by atoms with E-state index in [0.29, 0.717) is 0 Å². The Labute approximate surface area is 235 Å². The first-order valence-electron chi connectivity index (χ1n) is 18.2. The van der Waals surface area contributed by atoms with E-state index in [9.17, 15) is 0 Å². The van der Waals surface area contributed by atoms with Crippen LogP contribution in [0.1, 0.15) is 218 Å². The molecule has 0 unspecified atom stereocenters. The van der Waals surface area contributed by atoms with Crippen molar-refractivity contribution in [2.45, 2.75) is 230 Å². The third-order valence-electron chi connectivity index (χ3n) is 9.68. The van der Waals surface area contributed by atoms with E-state index in [0.717, 1.165) is 12.1 Å². The maximum Gasteiger partial charge on any atom is 0.00696 e. The lowest BCUT2D eigenvalue weighted by atomic mass is 9.95. The second-order valence-electron chi connectivity index (χ2n) is 13.3. The highest BCUT2D eigenvalue weighted by atomic mass is 14.9. The van der Waals surface area contributed by atoms with Crippen LogP contribution in [-0.2, 0) is 0 Å². The SMILES string of the molecule is C1CCCCCCCCC(NC2CCCCCCCCCCCCCCCCC2)CCCCCCCC1. The largest absolute Gasteiger partial charge is 0.311 e. The Hall–Kier alpha value is -0.0400. The van der Waals surface area contributed by atoms with Crippen molar-refractivity contribution in [1.29, 1.82) is 0 Å². The number of hydrogen-bond donors (Lipinski definition) is 1. The summed E-state index contributed by atoms with van der Waals surface area (Å²) in [4.78, 5) is 0. The molecule has 220 valence electrons. The van der Waals surface area contributed by atoms with Crippen molar-refractivity contribution in [2.75, 3.05) is 0 Å². The number of rotatable bonds is 2. The van der Waals surface area contributed by atoms with Crippen molar-refractivity contribution < 1.29 is 0 Å². The maximum absolute atomic E-state index is 4.30. The molecule has 0 saturated heterocycles. The van der Waals surface area contributed by atoms with E-state index in [4.69, 9.17) is 0 Å². The van der Waals surface area contributed by atoms with Crippen LogP contribution in [0.3, 0.4) is 0 Å². The molecule has 0 atom stereocenters. The minimum atomic E-state index is 0.793. The number of nitrogens with one attached hydrogen (secondary N) is 1. The van der Waals surface area contributed by atoms with Crippen molar-refractivity contribution in [3.63, 3.8) is 0 Å². The van der Waals surface area contributed by atoms with Crippen LogP contribution in [-0.4, -0.2) is 12.1 Å². The molecule has 2 rings (SSSR count). The standard InChI is InChI=1S/C36H71N/c1-3-7-11-15-19-23-27-31-35(32-28-24-20-16-12-8-4-1)37-36-33-29-25-21-17-13-9-5-2-6-10-14-18-22-26-30-34-36/h35-37H,1-34H2. The normalized spacial score (nSPS) is 25.3. The van der Waals surface area contributed by atoms with Crippen molar-refractivity contribution in [2.24, 2.45) is 0 Å². The summed E-state index contributed by atoms with van der Waals surface area (Å²) in [7, 11) is 0. The van der Waals surface area contributed by atoms with Gasteiger partial charge in [0, 0.05) is 12.1 Å². The topological polar surface area (TPSA) is 12.0 Å². The van der Waals surface area contributed by atoms with Crippen LogP contribution in [0.15, 0.2) is 0 Å². The Kier molecular flexibility index (Phi) is 23.5. The summed E-state index contributed by atoms with van der Waals surface area (Å²) >= 11 is 0. The van der Waals surface area contributed by atoms with E-state index in [-0.39, 0.29) is 0 Å². The molecular formula is C36H71N. The van der Waals surface area contributed by atoms with Crippen LogP contribution in [0, 0.1) is 0 Å². The highest BCUT2D eigenvalue weighted by molar-refractivity contribution is 4.76. The van der Waals surface area contributed by atoms with Gasteiger partial charge in [-0.25, -0.2) is 0 Å². The summed E-state index contributed by atoms with van der Waals surface area (Å²) in [6.07, 6.45) is 50.3. The second-order valence-corrected chi connectivity index (χ2v) is 13.3. The van der Waals surface area contributed by atoms with Gasteiger partial charge in [-0.2, -0.15) is 0 Å². The van der Waals surface area contributed by atoms with E-state index in [1.165, 1.54) is 218 Å². The van der Waals surface area contributed by atoms with Crippen LogP contribution in [0.4, 0.5) is 0 Å². The molecule has 0 aliphatic heterocycles. The van der Waals surface area contributed by atoms with Crippen LogP contribution in [0.25, 0.3) is 0 Å². The molecule has 0 radical (unpaired) electrons. The lowest BCUT2D eigenvalue weighted by molar-refractivity contribution is 0.329. The zero-order valence-corrected chi connectivity index (χ0v) is 25.7. The van der Waals surface area contributed by atoms with Crippen molar-refractivity contribution in [3.05, 3.63) is 0 Å². The molecule has 2 fully saturated rings. The van der Waals surface area contributed by atoms with Gasteiger partial charge in [-0.3, -0.25) is 0 Å². The molecule has 0 aromatic carbocycles. The molecule has 0 heterocycles. The van der Waals surface area contributed by atoms with Gasteiger partial charge in [0.05, 0.1) is 0 Å². The zero-order valence-electron chi connectivity index (χ0n) is 25.7. The second kappa shape index (κ2) is 26.2. The lowest BCUT2D eigenvalue weighted by Gasteiger charge is -2.27. The Bertz CT molecular complexity index is 370. The molecule has 2 aliphatic carbocycles. The third-order valence-corrected chi connectivity index (χ3v) is 9.68. The summed E-state index contributed by atoms with van der Waals surface area (Å²) in [5.74, 6) is 0. The smallest absolute Gasteiger partial charge is 0.00696 e. The van der Waals surface area contributed by atoms with Crippen molar-refractivity contribution >= 4 is 0 Å². The minimum absolute atomic E-state index is 0.793. The quantitative estimate of drug-likeness (QED) is 0.384. The highest BCUT2D eigenvalue weighted by Gasteiger charge is 2.15. The van der Waals surface area contributed by atoms with E-state index >= 15 is 0 Å². The number of hydrogen-bond acceptors (Lipinski definition) is 1. The van der Waals surface area contributed by atoms with E-state index in [2.05, 4.69) is 5.32 Å². The third kappa shape index (κ3) is 21.5. The lowest BCUT2D eigenvalue weighted by Crippen LogP contribution is -2.38. The van der Waals surface area contributed by atoms with Gasteiger partial charge in [0.1, 0.15) is 0 Å². The zero-order chi connectivity index (χ0) is 25.9. The van der Waals surface area contributed by atoms with Crippen LogP contribution >= 0.6 is 0 Å². The average molecular weight is 518 g/mol. The fourth-order valence-corrected chi connectivity index (χ4v) is 7.11. The summed E-state index contributed by atoms with van der Waals surface area (Å²) in [5, 5.41) is 4.30. The molecule has 1 nitrogen and oxygen atoms in total. The molecule has 1 heteroatoms. The van der Waals surface area contributed by atoms with E-state index in [1.54, 1.807) is 0 Å². The van der Waals surface area contributed by atoms with Crippen LogP contribution < -0.4 is 5.32 Å². The van der Waals surface area contributed by atoms with Gasteiger partial charge < -0.3 is 5.32 Å². The van der Waals surface area contributed by atoms with Gasteiger partial charge in [-0.1, -0.05) is 193 Å². The first-order chi connectivity index (χ1) is 18.4. The van der Waals surface area contributed by atoms with Crippen LogP contribution in [0.2, 0.25) is 0 Å². The highest BCUT2D eigenvalue weighted by Crippen LogP contribution is 2.21. The Morgan fingerprint density at radius 1 is 0.189 bits per heavy atom. The Balaban J connectivity index is 1.78. The molecule has 1 N–H and O–H groups in total. The summed E-state index contributed by atoms with van der Waals surface area (Å²) < 4.78 is 0. The van der Waals surface area contributed by atoms with Crippen molar-refractivity contribution in [3.8, 4) is 0 Å². The molecule has 0 aromatic heterocycles. The molecule has 37 heavy (non-hydrogen) atoms. The average Bonchev–Trinajstić information content (AvgIpc) is 2.90. The molecule has 2 aliphatic rings. The first kappa shape index (κ1) is 33.2. The Morgan fingerprint density at radius 2 is 0.324 bits per heavy atom. The summed E-state index contributed by atoms with van der Waals surface area (Å²) in [5.41, 5.74) is 0. The molecule has 0 bridgehead atoms. The summed E-state index contributed by atoms with van der Waals surface area (Å²) in [6, 6.07) is 1.59. The first-order valence-corrected chi connectivity index (χ1v) is 18.2. The van der Waals surface area contributed by atoms with Gasteiger partial charge in [0.15, 0.2) is 0 Å². The molecule has 2 saturated carbocycles. The molecule has 0 aromatic rings. The fourth-order valence-electron chi connectivity index (χ4n) is 7.11. The monoisotopic (exact) mass is 518 g/mol. The fraction of sp³-hybridized carbons (Fsp3) is 1.00. The van der Waals surface area contributed by atoms with Gasteiger partial charge in [-0.15, -0.1) is 0 Å². The van der Waals surface area contributed by atoms with E-state index in [1.807, 2.05) is 0 Å². The van der Waals surface area contributed by atoms with Gasteiger partial charge in [-0.05, 0) is 25.7 Å². The van der Waals surface area contributed by atoms with E-state index < -0.39 is 0 Å². The van der Waals surface area contributed by atoms with Crippen LogP contribution in [0.5, 0.6) is 0 Å².